The monoisotopic (exact) mass is 230 g/mol. The van der Waals surface area contributed by atoms with Crippen LogP contribution < -0.4 is 0 Å². The van der Waals surface area contributed by atoms with E-state index in [1.165, 1.54) is 14.2 Å². The minimum Gasteiger partial charge on any atom is -0.469 e. The van der Waals surface area contributed by atoms with E-state index >= 15 is 0 Å². The average Bonchev–Trinajstić information content (AvgIpc) is 2.87. The summed E-state index contributed by atoms with van der Waals surface area (Å²) in [5.41, 5.74) is 0. The first-order valence-corrected chi connectivity index (χ1v) is 5.08. The molecule has 0 amide bonds. The van der Waals surface area contributed by atoms with E-state index in [9.17, 15) is 9.59 Å². The first kappa shape index (κ1) is 11.3. The second kappa shape index (κ2) is 4.39. The lowest BCUT2D eigenvalue weighted by Gasteiger charge is -2.14. The van der Waals surface area contributed by atoms with Crippen LogP contribution in [0.25, 0.3) is 0 Å². The first-order valence-electron chi connectivity index (χ1n) is 5.08. The molecule has 0 aromatic rings. The number of carbonyl (C=O) groups is 2. The number of esters is 2. The van der Waals surface area contributed by atoms with Gasteiger partial charge in [0, 0.05) is 0 Å². The molecule has 2 aliphatic heterocycles. The molecule has 16 heavy (non-hydrogen) atoms. The molecule has 0 aromatic heterocycles. The molecule has 90 valence electrons. The van der Waals surface area contributed by atoms with Crippen LogP contribution in [0, 0.1) is 11.8 Å². The smallest absolute Gasteiger partial charge is 0.313 e. The van der Waals surface area contributed by atoms with Gasteiger partial charge in [0.2, 0.25) is 0 Å². The topological polar surface area (TPSA) is 71.1 Å². The van der Waals surface area contributed by atoms with Crippen LogP contribution in [0.5, 0.6) is 0 Å². The number of fused-ring (bicyclic) bond motifs is 1. The highest BCUT2D eigenvalue weighted by Crippen LogP contribution is 2.35. The molecule has 6 heteroatoms. The van der Waals surface area contributed by atoms with Crippen molar-refractivity contribution in [2.75, 3.05) is 27.4 Å². The standard InChI is InChI=1S/C10H14O6/c1-13-9(11)5-3-15-8-6(10(12)14-2)4-16-7(5)8/h5-8H,3-4H2,1-2H3/t5-,6-,7+,8+/m0/s1. The maximum atomic E-state index is 11.4. The summed E-state index contributed by atoms with van der Waals surface area (Å²) >= 11 is 0. The van der Waals surface area contributed by atoms with Crippen LogP contribution in [0.3, 0.4) is 0 Å². The van der Waals surface area contributed by atoms with Crippen molar-refractivity contribution >= 4 is 11.9 Å². The van der Waals surface area contributed by atoms with Gasteiger partial charge < -0.3 is 18.9 Å². The molecule has 0 aliphatic carbocycles. The zero-order valence-corrected chi connectivity index (χ0v) is 9.17. The van der Waals surface area contributed by atoms with Gasteiger partial charge in [-0.25, -0.2) is 0 Å². The van der Waals surface area contributed by atoms with Gasteiger partial charge >= 0.3 is 11.9 Å². The molecule has 4 atom stereocenters. The Hall–Kier alpha value is -1.14. The van der Waals surface area contributed by atoms with Gasteiger partial charge in [-0.2, -0.15) is 0 Å². The van der Waals surface area contributed by atoms with E-state index in [2.05, 4.69) is 9.47 Å². The van der Waals surface area contributed by atoms with Crippen LogP contribution in [0.2, 0.25) is 0 Å². The Kier molecular flexibility index (Phi) is 3.11. The van der Waals surface area contributed by atoms with E-state index in [4.69, 9.17) is 9.47 Å². The molecule has 2 heterocycles. The highest BCUT2D eigenvalue weighted by molar-refractivity contribution is 5.76. The molecule has 2 rings (SSSR count). The summed E-state index contributed by atoms with van der Waals surface area (Å²) < 4.78 is 20.1. The molecule has 0 spiro atoms. The molecular formula is C10H14O6. The minimum atomic E-state index is -0.440. The maximum Gasteiger partial charge on any atom is 0.313 e. The lowest BCUT2D eigenvalue weighted by molar-refractivity contribution is -0.149. The van der Waals surface area contributed by atoms with Crippen molar-refractivity contribution in [3.05, 3.63) is 0 Å². The van der Waals surface area contributed by atoms with Crippen molar-refractivity contribution in [1.82, 2.24) is 0 Å². The lowest BCUT2D eigenvalue weighted by Crippen LogP contribution is -2.33. The molecule has 2 fully saturated rings. The van der Waals surface area contributed by atoms with E-state index in [-0.39, 0.29) is 25.2 Å². The van der Waals surface area contributed by atoms with Crippen LogP contribution >= 0.6 is 0 Å². The summed E-state index contributed by atoms with van der Waals surface area (Å²) in [4.78, 5) is 22.8. The number of carbonyl (C=O) groups excluding carboxylic acids is 2. The highest BCUT2D eigenvalue weighted by atomic mass is 16.6. The van der Waals surface area contributed by atoms with Gasteiger partial charge in [-0.1, -0.05) is 0 Å². The van der Waals surface area contributed by atoms with Crippen LogP contribution in [-0.2, 0) is 28.5 Å². The van der Waals surface area contributed by atoms with Crippen molar-refractivity contribution in [3.8, 4) is 0 Å². The van der Waals surface area contributed by atoms with Gasteiger partial charge in [-0.3, -0.25) is 9.59 Å². The SMILES string of the molecule is COC(=O)[C@H]1CO[C@H]2[C@@H]1OC[C@@H]2C(=O)OC. The van der Waals surface area contributed by atoms with Crippen molar-refractivity contribution in [3.63, 3.8) is 0 Å². The van der Waals surface area contributed by atoms with Gasteiger partial charge in [0.05, 0.1) is 27.4 Å². The van der Waals surface area contributed by atoms with Gasteiger partial charge in [0.25, 0.3) is 0 Å². The summed E-state index contributed by atoms with van der Waals surface area (Å²) in [5, 5.41) is 0. The van der Waals surface area contributed by atoms with Crippen LogP contribution in [0.4, 0.5) is 0 Å². The van der Waals surface area contributed by atoms with E-state index < -0.39 is 24.0 Å². The van der Waals surface area contributed by atoms with Crippen molar-refractivity contribution in [2.45, 2.75) is 12.2 Å². The van der Waals surface area contributed by atoms with Crippen LogP contribution in [-0.4, -0.2) is 51.6 Å². The Balaban J connectivity index is 2.06. The lowest BCUT2D eigenvalue weighted by atomic mass is 9.96. The second-order valence-corrected chi connectivity index (χ2v) is 3.86. The molecule has 6 nitrogen and oxygen atoms in total. The summed E-state index contributed by atoms with van der Waals surface area (Å²) in [5.74, 6) is -1.61. The van der Waals surface area contributed by atoms with Crippen LogP contribution in [0.1, 0.15) is 0 Å². The molecule has 0 saturated carbocycles. The number of hydrogen-bond donors (Lipinski definition) is 0. The molecule has 0 aromatic carbocycles. The fourth-order valence-corrected chi connectivity index (χ4v) is 2.21. The molecule has 2 saturated heterocycles. The average molecular weight is 230 g/mol. The van der Waals surface area contributed by atoms with Crippen molar-refractivity contribution in [2.24, 2.45) is 11.8 Å². The third-order valence-corrected chi connectivity index (χ3v) is 3.06. The Morgan fingerprint density at radius 3 is 1.62 bits per heavy atom. The maximum absolute atomic E-state index is 11.4. The predicted octanol–water partition coefficient (Wildman–Crippen LogP) is -0.638. The molecule has 0 unspecified atom stereocenters. The molecule has 0 radical (unpaired) electrons. The zero-order chi connectivity index (χ0) is 11.7. The van der Waals surface area contributed by atoms with E-state index in [0.717, 1.165) is 0 Å². The Bertz CT molecular complexity index is 272. The highest BCUT2D eigenvalue weighted by Gasteiger charge is 2.53. The number of ether oxygens (including phenoxy) is 4. The van der Waals surface area contributed by atoms with Gasteiger partial charge in [-0.05, 0) is 0 Å². The third kappa shape index (κ3) is 1.68. The number of hydrogen-bond acceptors (Lipinski definition) is 6. The summed E-state index contributed by atoms with van der Waals surface area (Å²) in [7, 11) is 2.64. The molecular weight excluding hydrogens is 216 g/mol. The summed E-state index contributed by atoms with van der Waals surface area (Å²) in [6, 6.07) is 0. The van der Waals surface area contributed by atoms with Gasteiger partial charge in [0.1, 0.15) is 24.0 Å². The Morgan fingerprint density at radius 1 is 0.938 bits per heavy atom. The molecule has 2 aliphatic rings. The third-order valence-electron chi connectivity index (χ3n) is 3.06. The Morgan fingerprint density at radius 2 is 1.31 bits per heavy atom. The van der Waals surface area contributed by atoms with E-state index in [0.29, 0.717) is 0 Å². The summed E-state index contributed by atoms with van der Waals surface area (Å²) in [6.45, 7) is 0.463. The first-order chi connectivity index (χ1) is 7.69. The molecule has 0 N–H and O–H groups in total. The predicted molar refractivity (Wildman–Crippen MR) is 50.5 cm³/mol. The van der Waals surface area contributed by atoms with Gasteiger partial charge in [0.15, 0.2) is 0 Å². The van der Waals surface area contributed by atoms with Gasteiger partial charge in [-0.15, -0.1) is 0 Å². The normalized spacial score (nSPS) is 36.9. The fraction of sp³-hybridized carbons (Fsp3) is 0.800. The van der Waals surface area contributed by atoms with E-state index in [1.54, 1.807) is 0 Å². The minimum absolute atomic E-state index is 0.232. The number of rotatable bonds is 2. The second-order valence-electron chi connectivity index (χ2n) is 3.86. The largest absolute Gasteiger partial charge is 0.469 e. The van der Waals surface area contributed by atoms with Crippen molar-refractivity contribution < 1.29 is 28.5 Å². The summed E-state index contributed by atoms with van der Waals surface area (Å²) in [6.07, 6.45) is -0.784. The molecule has 0 bridgehead atoms. The fourth-order valence-electron chi connectivity index (χ4n) is 2.21. The Labute approximate surface area is 92.8 Å². The number of methoxy groups -OCH3 is 2. The zero-order valence-electron chi connectivity index (χ0n) is 9.17. The van der Waals surface area contributed by atoms with Crippen molar-refractivity contribution in [1.29, 1.82) is 0 Å². The van der Waals surface area contributed by atoms with E-state index in [1.807, 2.05) is 0 Å². The quantitative estimate of drug-likeness (QED) is 0.588. The van der Waals surface area contributed by atoms with Crippen LogP contribution in [0.15, 0.2) is 0 Å².